The van der Waals surface area contributed by atoms with E-state index in [1.165, 1.54) is 0 Å². The standard InChI is InChI=1S/C7H9F3N2O2/c8-7(9,10)4-1-2-6(14)12(4)3-5(11)13/h4H,1-3H2,(H2,11,13). The predicted molar refractivity (Wildman–Crippen MR) is 40.0 cm³/mol. The number of hydrogen-bond acceptors (Lipinski definition) is 2. The summed E-state index contributed by atoms with van der Waals surface area (Å²) in [5.41, 5.74) is 4.74. The highest BCUT2D eigenvalue weighted by molar-refractivity contribution is 5.85. The van der Waals surface area contributed by atoms with Crippen LogP contribution in [0.3, 0.4) is 0 Å². The lowest BCUT2D eigenvalue weighted by atomic mass is 10.2. The first-order chi connectivity index (χ1) is 6.32. The van der Waals surface area contributed by atoms with Crippen LogP contribution in [0.2, 0.25) is 0 Å². The Balaban J connectivity index is 2.77. The maximum atomic E-state index is 12.3. The van der Waals surface area contributed by atoms with E-state index in [1.54, 1.807) is 0 Å². The summed E-state index contributed by atoms with van der Waals surface area (Å²) >= 11 is 0. The molecular weight excluding hydrogens is 201 g/mol. The van der Waals surface area contributed by atoms with Gasteiger partial charge in [-0.1, -0.05) is 0 Å². The molecule has 1 rings (SSSR count). The average molecular weight is 210 g/mol. The first-order valence-electron chi connectivity index (χ1n) is 3.97. The largest absolute Gasteiger partial charge is 0.408 e. The molecule has 1 fully saturated rings. The number of likely N-dealkylation sites (tertiary alicyclic amines) is 1. The lowest BCUT2D eigenvalue weighted by Gasteiger charge is -2.25. The number of nitrogens with two attached hydrogens (primary N) is 1. The summed E-state index contributed by atoms with van der Waals surface area (Å²) in [5.74, 6) is -1.61. The third-order valence-electron chi connectivity index (χ3n) is 2.03. The van der Waals surface area contributed by atoms with Crippen LogP contribution in [-0.4, -0.2) is 35.5 Å². The van der Waals surface area contributed by atoms with Crippen molar-refractivity contribution in [3.8, 4) is 0 Å². The molecule has 0 spiro atoms. The molecular formula is C7H9F3N2O2. The third kappa shape index (κ3) is 2.15. The summed E-state index contributed by atoms with van der Waals surface area (Å²) in [4.78, 5) is 21.9. The van der Waals surface area contributed by atoms with Crippen LogP contribution in [0.5, 0.6) is 0 Å². The molecule has 2 amide bonds. The Morgan fingerprint density at radius 3 is 2.57 bits per heavy atom. The van der Waals surface area contributed by atoms with Crippen LogP contribution in [0.15, 0.2) is 0 Å². The Morgan fingerprint density at radius 2 is 2.14 bits per heavy atom. The molecule has 80 valence electrons. The van der Waals surface area contributed by atoms with E-state index in [2.05, 4.69) is 0 Å². The lowest BCUT2D eigenvalue weighted by molar-refractivity contribution is -0.180. The first-order valence-corrected chi connectivity index (χ1v) is 3.97. The van der Waals surface area contributed by atoms with Gasteiger partial charge in [-0.3, -0.25) is 9.59 Å². The Labute approximate surface area is 77.8 Å². The molecule has 0 aromatic rings. The molecule has 0 bridgehead atoms. The maximum absolute atomic E-state index is 12.3. The number of amides is 2. The lowest BCUT2D eigenvalue weighted by Crippen LogP contribution is -2.46. The molecule has 1 heterocycles. The number of halogens is 3. The van der Waals surface area contributed by atoms with Crippen molar-refractivity contribution < 1.29 is 22.8 Å². The SMILES string of the molecule is NC(=O)CN1C(=O)CCC1C(F)(F)F. The second-order valence-corrected chi connectivity index (χ2v) is 3.08. The van der Waals surface area contributed by atoms with Gasteiger partial charge in [-0.25, -0.2) is 0 Å². The van der Waals surface area contributed by atoms with Gasteiger partial charge in [0, 0.05) is 6.42 Å². The van der Waals surface area contributed by atoms with E-state index in [0.29, 0.717) is 4.90 Å². The average Bonchev–Trinajstić information content (AvgIpc) is 2.30. The van der Waals surface area contributed by atoms with E-state index >= 15 is 0 Å². The van der Waals surface area contributed by atoms with Crippen molar-refractivity contribution >= 4 is 11.8 Å². The Bertz CT molecular complexity index is 264. The van der Waals surface area contributed by atoms with Crippen molar-refractivity contribution in [1.29, 1.82) is 0 Å². The second kappa shape index (κ2) is 3.47. The normalized spacial score (nSPS) is 22.9. The topological polar surface area (TPSA) is 63.4 Å². The van der Waals surface area contributed by atoms with Gasteiger partial charge >= 0.3 is 6.18 Å². The molecule has 0 aromatic heterocycles. The molecule has 0 aromatic carbocycles. The van der Waals surface area contributed by atoms with Crippen LogP contribution in [0.1, 0.15) is 12.8 Å². The summed E-state index contributed by atoms with van der Waals surface area (Å²) in [7, 11) is 0. The number of hydrogen-bond donors (Lipinski definition) is 1. The van der Waals surface area contributed by atoms with Crippen LogP contribution in [0.25, 0.3) is 0 Å². The van der Waals surface area contributed by atoms with Crippen LogP contribution in [0.4, 0.5) is 13.2 Å². The number of carbonyl (C=O) groups is 2. The minimum Gasteiger partial charge on any atom is -0.368 e. The zero-order valence-corrected chi connectivity index (χ0v) is 7.17. The highest BCUT2D eigenvalue weighted by Gasteiger charge is 2.49. The second-order valence-electron chi connectivity index (χ2n) is 3.08. The molecule has 4 nitrogen and oxygen atoms in total. The molecule has 0 radical (unpaired) electrons. The van der Waals surface area contributed by atoms with E-state index in [-0.39, 0.29) is 12.8 Å². The molecule has 1 atom stereocenters. The molecule has 2 N–H and O–H groups in total. The summed E-state index contributed by atoms with van der Waals surface area (Å²) in [6.07, 6.45) is -4.96. The van der Waals surface area contributed by atoms with E-state index in [4.69, 9.17) is 5.73 Å². The fourth-order valence-electron chi connectivity index (χ4n) is 1.44. The van der Waals surface area contributed by atoms with E-state index in [1.807, 2.05) is 0 Å². The number of rotatable bonds is 2. The Hall–Kier alpha value is -1.27. The molecule has 1 aliphatic heterocycles. The number of carbonyl (C=O) groups excluding carboxylic acids is 2. The van der Waals surface area contributed by atoms with Crippen LogP contribution in [-0.2, 0) is 9.59 Å². The molecule has 0 aliphatic carbocycles. The zero-order chi connectivity index (χ0) is 10.9. The van der Waals surface area contributed by atoms with E-state index < -0.39 is 30.6 Å². The zero-order valence-electron chi connectivity index (χ0n) is 7.17. The van der Waals surface area contributed by atoms with Crippen LogP contribution in [0, 0.1) is 0 Å². The van der Waals surface area contributed by atoms with Crippen molar-refractivity contribution in [2.24, 2.45) is 5.73 Å². The highest BCUT2D eigenvalue weighted by atomic mass is 19.4. The summed E-state index contributed by atoms with van der Waals surface area (Å²) < 4.78 is 36.9. The van der Waals surface area contributed by atoms with Crippen molar-refractivity contribution in [3.63, 3.8) is 0 Å². The van der Waals surface area contributed by atoms with Crippen molar-refractivity contribution in [3.05, 3.63) is 0 Å². The summed E-state index contributed by atoms with van der Waals surface area (Å²) in [5, 5.41) is 0. The van der Waals surface area contributed by atoms with Gasteiger partial charge < -0.3 is 10.6 Å². The minimum absolute atomic E-state index is 0.183. The number of primary amides is 1. The number of alkyl halides is 3. The maximum Gasteiger partial charge on any atom is 0.408 e. The summed E-state index contributed by atoms with van der Waals surface area (Å²) in [6.45, 7) is -0.664. The van der Waals surface area contributed by atoms with Crippen molar-refractivity contribution in [2.75, 3.05) is 6.54 Å². The van der Waals surface area contributed by atoms with E-state index in [9.17, 15) is 22.8 Å². The molecule has 0 saturated carbocycles. The summed E-state index contributed by atoms with van der Waals surface area (Å²) in [6, 6.07) is -1.86. The third-order valence-corrected chi connectivity index (χ3v) is 2.03. The van der Waals surface area contributed by atoms with Gasteiger partial charge in [0.05, 0.1) is 6.54 Å². The van der Waals surface area contributed by atoms with Gasteiger partial charge in [-0.2, -0.15) is 13.2 Å². The smallest absolute Gasteiger partial charge is 0.368 e. The van der Waals surface area contributed by atoms with Crippen LogP contribution >= 0.6 is 0 Å². The molecule has 1 unspecified atom stereocenters. The quantitative estimate of drug-likeness (QED) is 0.698. The van der Waals surface area contributed by atoms with Gasteiger partial charge in [0.2, 0.25) is 11.8 Å². The van der Waals surface area contributed by atoms with Gasteiger partial charge in [0.15, 0.2) is 0 Å². The molecule has 1 aliphatic rings. The highest BCUT2D eigenvalue weighted by Crippen LogP contribution is 2.32. The van der Waals surface area contributed by atoms with Crippen molar-refractivity contribution in [1.82, 2.24) is 4.90 Å². The number of nitrogens with zero attached hydrogens (tertiary/aromatic N) is 1. The monoisotopic (exact) mass is 210 g/mol. The van der Waals surface area contributed by atoms with Gasteiger partial charge in [-0.05, 0) is 6.42 Å². The molecule has 14 heavy (non-hydrogen) atoms. The fraction of sp³-hybridized carbons (Fsp3) is 0.714. The van der Waals surface area contributed by atoms with Crippen molar-refractivity contribution in [2.45, 2.75) is 25.1 Å². The molecule has 1 saturated heterocycles. The van der Waals surface area contributed by atoms with Gasteiger partial charge in [0.25, 0.3) is 0 Å². The Kier molecular flexibility index (Phi) is 2.68. The Morgan fingerprint density at radius 1 is 1.57 bits per heavy atom. The molecule has 7 heteroatoms. The van der Waals surface area contributed by atoms with E-state index in [0.717, 1.165) is 0 Å². The predicted octanol–water partition coefficient (Wildman–Crippen LogP) is 0.0250. The van der Waals surface area contributed by atoms with Crippen LogP contribution < -0.4 is 5.73 Å². The fourth-order valence-corrected chi connectivity index (χ4v) is 1.44. The first kappa shape index (κ1) is 10.8. The van der Waals surface area contributed by atoms with Gasteiger partial charge in [-0.15, -0.1) is 0 Å². The van der Waals surface area contributed by atoms with Gasteiger partial charge in [0.1, 0.15) is 6.04 Å². The minimum atomic E-state index is -4.48.